The van der Waals surface area contributed by atoms with E-state index >= 15 is 0 Å². The normalized spacial score (nSPS) is 30.8. The molecule has 2 aliphatic carbocycles. The molecule has 1 heterocycles. The van der Waals surface area contributed by atoms with Crippen LogP contribution in [-0.2, 0) is 14.0 Å². The van der Waals surface area contributed by atoms with Crippen LogP contribution in [0.4, 0.5) is 0 Å². The van der Waals surface area contributed by atoms with Gasteiger partial charge in [-0.05, 0) is 75.9 Å². The van der Waals surface area contributed by atoms with Crippen molar-refractivity contribution in [3.63, 3.8) is 0 Å². The Labute approximate surface area is 156 Å². The lowest BCUT2D eigenvalue weighted by atomic mass is 9.79. The summed E-state index contributed by atoms with van der Waals surface area (Å²) in [6.07, 6.45) is 6.96. The summed E-state index contributed by atoms with van der Waals surface area (Å²) in [6.45, 7) is 8.64. The lowest BCUT2D eigenvalue weighted by molar-refractivity contribution is 0.00578. The van der Waals surface area contributed by atoms with Gasteiger partial charge in [0.05, 0.1) is 23.4 Å². The zero-order chi connectivity index (χ0) is 18.5. The van der Waals surface area contributed by atoms with Gasteiger partial charge < -0.3 is 14.0 Å². The Balaban J connectivity index is 1.35. The van der Waals surface area contributed by atoms with E-state index in [2.05, 4.69) is 12.2 Å². The summed E-state index contributed by atoms with van der Waals surface area (Å²) in [6, 6.07) is 7.37. The van der Waals surface area contributed by atoms with Crippen molar-refractivity contribution in [2.45, 2.75) is 51.7 Å². The molecule has 3 aliphatic rings. The van der Waals surface area contributed by atoms with Gasteiger partial charge in [0, 0.05) is 0 Å². The third kappa shape index (κ3) is 3.12. The lowest BCUT2D eigenvalue weighted by Gasteiger charge is -2.32. The molecule has 0 N–H and O–H groups in total. The number of ether oxygens (including phenoxy) is 1. The smallest absolute Gasteiger partial charge is 0.462 e. The Morgan fingerprint density at radius 3 is 2.27 bits per heavy atom. The summed E-state index contributed by atoms with van der Waals surface area (Å²) < 4.78 is 17.7. The van der Waals surface area contributed by atoms with Crippen molar-refractivity contribution in [2.24, 2.45) is 17.8 Å². The molecule has 1 aliphatic heterocycles. The van der Waals surface area contributed by atoms with Gasteiger partial charge in [0.15, 0.2) is 0 Å². The Hall–Kier alpha value is -1.59. The van der Waals surface area contributed by atoms with Crippen LogP contribution < -0.4 is 5.46 Å². The van der Waals surface area contributed by atoms with Crippen LogP contribution in [0.1, 0.15) is 50.9 Å². The number of allylic oxidation sites excluding steroid dienone is 2. The summed E-state index contributed by atoms with van der Waals surface area (Å²) in [5.41, 5.74) is 0.747. The molecular formula is C21H27BO4. The fourth-order valence-corrected chi connectivity index (χ4v) is 4.11. The number of hydrogen-bond acceptors (Lipinski definition) is 4. The number of fused-ring (bicyclic) bond motifs is 2. The van der Waals surface area contributed by atoms with E-state index in [0.29, 0.717) is 29.9 Å². The van der Waals surface area contributed by atoms with Crippen LogP contribution in [0.3, 0.4) is 0 Å². The van der Waals surface area contributed by atoms with Crippen LogP contribution in [-0.4, -0.2) is 30.9 Å². The maximum atomic E-state index is 12.3. The molecule has 1 aromatic rings. The van der Waals surface area contributed by atoms with Crippen molar-refractivity contribution in [3.8, 4) is 0 Å². The van der Waals surface area contributed by atoms with Gasteiger partial charge in [-0.15, -0.1) is 0 Å². The number of carbonyl (C=O) groups excluding carboxylic acids is 1. The van der Waals surface area contributed by atoms with E-state index in [9.17, 15) is 4.79 Å². The first-order valence-corrected chi connectivity index (χ1v) is 9.56. The molecule has 26 heavy (non-hydrogen) atoms. The van der Waals surface area contributed by atoms with Crippen molar-refractivity contribution >= 4 is 18.6 Å². The SMILES string of the molecule is CC1(C)OB(c2ccc(C(=O)OCC3CC4C=CC3C4)cc2)OC1(C)C. The average Bonchev–Trinajstić information content (AvgIpc) is 3.26. The average molecular weight is 354 g/mol. The predicted octanol–water partition coefficient (Wildman–Crippen LogP) is 3.35. The Bertz CT molecular complexity index is 706. The minimum Gasteiger partial charge on any atom is -0.462 e. The maximum Gasteiger partial charge on any atom is 0.494 e. The molecule has 2 fully saturated rings. The minimum atomic E-state index is -0.411. The number of benzene rings is 1. The zero-order valence-electron chi connectivity index (χ0n) is 16.0. The molecule has 138 valence electrons. The third-order valence-electron chi connectivity index (χ3n) is 6.52. The highest BCUT2D eigenvalue weighted by atomic mass is 16.7. The monoisotopic (exact) mass is 354 g/mol. The molecule has 1 aromatic carbocycles. The van der Waals surface area contributed by atoms with E-state index in [1.165, 1.54) is 6.42 Å². The van der Waals surface area contributed by atoms with Gasteiger partial charge in [0.2, 0.25) is 0 Å². The summed E-state index contributed by atoms with van der Waals surface area (Å²) in [5, 5.41) is 0. The number of esters is 1. The first kappa shape index (κ1) is 17.8. The van der Waals surface area contributed by atoms with Crippen molar-refractivity contribution in [2.75, 3.05) is 6.61 Å². The van der Waals surface area contributed by atoms with Crippen molar-refractivity contribution in [1.82, 2.24) is 0 Å². The number of carbonyl (C=O) groups is 1. The van der Waals surface area contributed by atoms with Gasteiger partial charge in [-0.1, -0.05) is 24.3 Å². The van der Waals surface area contributed by atoms with E-state index < -0.39 is 7.12 Å². The Morgan fingerprint density at radius 2 is 1.73 bits per heavy atom. The lowest BCUT2D eigenvalue weighted by Crippen LogP contribution is -2.41. The zero-order valence-corrected chi connectivity index (χ0v) is 16.0. The standard InChI is InChI=1S/C21H27BO4/c1-20(2)21(3,4)26-22(25-20)18-9-7-15(8-10-18)19(23)24-13-17-12-14-5-6-16(17)11-14/h5-10,14,16-17H,11-13H2,1-4H3. The first-order valence-electron chi connectivity index (χ1n) is 9.56. The van der Waals surface area contributed by atoms with E-state index in [1.54, 1.807) is 12.1 Å². The molecular weight excluding hydrogens is 327 g/mol. The highest BCUT2D eigenvalue weighted by Crippen LogP contribution is 2.43. The summed E-state index contributed by atoms with van der Waals surface area (Å²) >= 11 is 0. The first-order chi connectivity index (χ1) is 12.2. The molecule has 0 aromatic heterocycles. The summed E-state index contributed by atoms with van der Waals surface area (Å²) in [5.74, 6) is 1.52. The van der Waals surface area contributed by atoms with Crippen molar-refractivity contribution < 1.29 is 18.8 Å². The van der Waals surface area contributed by atoms with E-state index in [4.69, 9.17) is 14.0 Å². The minimum absolute atomic E-state index is 0.253. The van der Waals surface area contributed by atoms with Crippen molar-refractivity contribution in [1.29, 1.82) is 0 Å². The second-order valence-electron chi connectivity index (χ2n) is 8.85. The van der Waals surface area contributed by atoms with Gasteiger partial charge in [0.1, 0.15) is 0 Å². The Morgan fingerprint density at radius 1 is 1.08 bits per heavy atom. The molecule has 5 heteroatoms. The highest BCUT2D eigenvalue weighted by Gasteiger charge is 2.51. The van der Waals surface area contributed by atoms with Gasteiger partial charge in [-0.3, -0.25) is 0 Å². The topological polar surface area (TPSA) is 44.8 Å². The molecule has 0 amide bonds. The van der Waals surface area contributed by atoms with Gasteiger partial charge in [-0.2, -0.15) is 0 Å². The van der Waals surface area contributed by atoms with Gasteiger partial charge >= 0.3 is 13.1 Å². The molecule has 2 bridgehead atoms. The molecule has 3 unspecified atom stereocenters. The van der Waals surface area contributed by atoms with Crippen LogP contribution in [0.2, 0.25) is 0 Å². The number of hydrogen-bond donors (Lipinski definition) is 0. The fourth-order valence-electron chi connectivity index (χ4n) is 4.11. The second-order valence-corrected chi connectivity index (χ2v) is 8.85. The van der Waals surface area contributed by atoms with E-state index in [1.807, 2.05) is 39.8 Å². The molecule has 0 radical (unpaired) electrons. The predicted molar refractivity (Wildman–Crippen MR) is 101 cm³/mol. The Kier molecular flexibility index (Phi) is 4.28. The van der Waals surface area contributed by atoms with Crippen LogP contribution in [0.15, 0.2) is 36.4 Å². The molecule has 1 saturated carbocycles. The van der Waals surface area contributed by atoms with Gasteiger partial charge in [0.25, 0.3) is 0 Å². The highest BCUT2D eigenvalue weighted by molar-refractivity contribution is 6.62. The van der Waals surface area contributed by atoms with E-state index in [0.717, 1.165) is 11.9 Å². The van der Waals surface area contributed by atoms with Crippen LogP contribution in [0.5, 0.6) is 0 Å². The van der Waals surface area contributed by atoms with Crippen LogP contribution in [0.25, 0.3) is 0 Å². The quantitative estimate of drug-likeness (QED) is 0.473. The van der Waals surface area contributed by atoms with Gasteiger partial charge in [-0.25, -0.2) is 4.79 Å². The fraction of sp³-hybridized carbons (Fsp3) is 0.571. The largest absolute Gasteiger partial charge is 0.494 e. The van der Waals surface area contributed by atoms with E-state index in [-0.39, 0.29) is 17.2 Å². The summed E-state index contributed by atoms with van der Waals surface area (Å²) in [7, 11) is -0.411. The van der Waals surface area contributed by atoms with Crippen LogP contribution in [0, 0.1) is 17.8 Å². The summed E-state index contributed by atoms with van der Waals surface area (Å²) in [4.78, 5) is 12.3. The van der Waals surface area contributed by atoms with Crippen molar-refractivity contribution in [3.05, 3.63) is 42.0 Å². The maximum absolute atomic E-state index is 12.3. The second kappa shape index (κ2) is 6.24. The molecule has 1 saturated heterocycles. The number of rotatable bonds is 4. The molecule has 3 atom stereocenters. The molecule has 0 spiro atoms. The molecule has 4 nitrogen and oxygen atoms in total. The third-order valence-corrected chi connectivity index (χ3v) is 6.52. The van der Waals surface area contributed by atoms with Crippen LogP contribution >= 0.6 is 0 Å². The molecule has 4 rings (SSSR count).